The maximum Gasteiger partial charge on any atom is 0.573 e. The molecule has 0 spiro atoms. The lowest BCUT2D eigenvalue weighted by Gasteiger charge is -2.14. The Balaban J connectivity index is 2.02. The number of fused-ring (bicyclic) bond motifs is 1. The summed E-state index contributed by atoms with van der Waals surface area (Å²) < 4.78 is 56.7. The summed E-state index contributed by atoms with van der Waals surface area (Å²) in [7, 11) is 0. The van der Waals surface area contributed by atoms with Crippen LogP contribution >= 0.6 is 11.3 Å². The quantitative estimate of drug-likeness (QED) is 0.454. The number of carbonyl (C=O) groups is 1. The third-order valence-electron chi connectivity index (χ3n) is 3.59. The first kappa shape index (κ1) is 22.0. The lowest BCUT2D eigenvalue weighted by atomic mass is 10.1. The fraction of sp³-hybridized carbons (Fsp3) is 0.444. The molecule has 0 aliphatic heterocycles. The fourth-order valence-corrected chi connectivity index (χ4v) is 3.34. The van der Waals surface area contributed by atoms with E-state index in [1.807, 2.05) is 0 Å². The second-order valence-corrected chi connectivity index (χ2v) is 6.54. The van der Waals surface area contributed by atoms with Gasteiger partial charge < -0.3 is 18.9 Å². The van der Waals surface area contributed by atoms with Gasteiger partial charge in [0.1, 0.15) is 19.0 Å². The first-order valence-corrected chi connectivity index (χ1v) is 9.23. The van der Waals surface area contributed by atoms with Crippen LogP contribution in [0.5, 0.6) is 11.5 Å². The van der Waals surface area contributed by atoms with E-state index >= 15 is 0 Å². The molecule has 1 heterocycles. The topological polar surface area (TPSA) is 71.1 Å². The summed E-state index contributed by atoms with van der Waals surface area (Å²) in [5.41, 5.74) is 0.0931. The first-order valence-electron chi connectivity index (χ1n) is 8.41. The van der Waals surface area contributed by atoms with Gasteiger partial charge >= 0.3 is 12.3 Å². The van der Waals surface area contributed by atoms with Crippen molar-refractivity contribution in [1.29, 1.82) is 0 Å². The maximum absolute atomic E-state index is 12.5. The summed E-state index contributed by atoms with van der Waals surface area (Å²) in [6, 6.07) is 4.82. The Bertz CT molecular complexity index is 878. The highest BCUT2D eigenvalue weighted by atomic mass is 32.1. The van der Waals surface area contributed by atoms with E-state index in [1.165, 1.54) is 6.92 Å². The van der Waals surface area contributed by atoms with E-state index in [2.05, 4.69) is 4.74 Å². The molecule has 0 saturated heterocycles. The molecule has 0 N–H and O–H groups in total. The molecule has 0 atom stereocenters. The number of alkyl halides is 3. The van der Waals surface area contributed by atoms with E-state index in [0.717, 1.165) is 0 Å². The number of rotatable bonds is 9. The molecule has 0 aliphatic carbocycles. The minimum Gasteiger partial charge on any atom is -0.490 e. The third kappa shape index (κ3) is 6.10. The number of hydrogen-bond donors (Lipinski definition) is 0. The van der Waals surface area contributed by atoms with Crippen LogP contribution in [0.1, 0.15) is 18.9 Å². The largest absolute Gasteiger partial charge is 0.573 e. The highest BCUT2D eigenvalue weighted by Crippen LogP contribution is 2.35. The lowest BCUT2D eigenvalue weighted by molar-refractivity contribution is -0.275. The molecule has 28 heavy (non-hydrogen) atoms. The van der Waals surface area contributed by atoms with Crippen molar-refractivity contribution in [2.75, 3.05) is 26.4 Å². The standard InChI is InChI=1S/C18H19F3O6S/c1-3-14(22)26-10-8-24-7-9-25-13-6-4-5-12-11(2)15(27-18(19,20)21)17(23)28-16(12)13/h4-6H,3,7-10H2,1-2H3. The van der Waals surface area contributed by atoms with E-state index in [9.17, 15) is 22.8 Å². The average Bonchev–Trinajstić information content (AvgIpc) is 2.63. The number of esters is 1. The third-order valence-corrected chi connectivity index (χ3v) is 4.58. The molecular formula is C18H19F3O6S. The van der Waals surface area contributed by atoms with Gasteiger partial charge in [-0.15, -0.1) is 13.2 Å². The fourth-order valence-electron chi connectivity index (χ4n) is 2.31. The van der Waals surface area contributed by atoms with Crippen LogP contribution in [-0.2, 0) is 14.3 Å². The summed E-state index contributed by atoms with van der Waals surface area (Å²) in [5, 5.41) is 0.439. The van der Waals surface area contributed by atoms with Crippen molar-refractivity contribution in [2.24, 2.45) is 0 Å². The van der Waals surface area contributed by atoms with Crippen LogP contribution in [0.2, 0.25) is 0 Å². The Kier molecular flexibility index (Phi) is 7.64. The minimum absolute atomic E-state index is 0.0931. The normalized spacial score (nSPS) is 11.5. The van der Waals surface area contributed by atoms with E-state index in [-0.39, 0.29) is 38.0 Å². The van der Waals surface area contributed by atoms with Gasteiger partial charge in [-0.2, -0.15) is 0 Å². The highest BCUT2D eigenvalue weighted by molar-refractivity contribution is 7.16. The van der Waals surface area contributed by atoms with Crippen molar-refractivity contribution in [1.82, 2.24) is 0 Å². The lowest BCUT2D eigenvalue weighted by Crippen LogP contribution is -2.21. The van der Waals surface area contributed by atoms with E-state index in [1.54, 1.807) is 25.1 Å². The number of aryl methyl sites for hydroxylation is 1. The molecule has 6 nitrogen and oxygen atoms in total. The van der Waals surface area contributed by atoms with Crippen LogP contribution in [0.15, 0.2) is 23.0 Å². The van der Waals surface area contributed by atoms with Crippen molar-refractivity contribution >= 4 is 27.4 Å². The number of halogens is 3. The van der Waals surface area contributed by atoms with E-state index in [4.69, 9.17) is 14.2 Å². The van der Waals surface area contributed by atoms with Crippen LogP contribution in [0.4, 0.5) is 13.2 Å². The Morgan fingerprint density at radius 2 is 1.86 bits per heavy atom. The average molecular weight is 420 g/mol. The Morgan fingerprint density at radius 3 is 2.54 bits per heavy atom. The first-order chi connectivity index (χ1) is 13.2. The SMILES string of the molecule is CCC(=O)OCCOCCOc1cccc2c(C)c(OC(F)(F)F)c(=O)sc12. The molecule has 0 bridgehead atoms. The number of hydrogen-bond acceptors (Lipinski definition) is 7. The zero-order valence-corrected chi connectivity index (χ0v) is 16.1. The highest BCUT2D eigenvalue weighted by Gasteiger charge is 2.33. The van der Waals surface area contributed by atoms with Crippen molar-refractivity contribution < 1.29 is 36.9 Å². The van der Waals surface area contributed by atoms with Crippen LogP contribution in [-0.4, -0.2) is 38.8 Å². The summed E-state index contributed by atoms with van der Waals surface area (Å²) in [6.45, 7) is 3.81. The zero-order chi connectivity index (χ0) is 20.7. The van der Waals surface area contributed by atoms with E-state index < -0.39 is 16.9 Å². The van der Waals surface area contributed by atoms with Gasteiger partial charge in [-0.1, -0.05) is 30.4 Å². The molecule has 2 aromatic rings. The van der Waals surface area contributed by atoms with Crippen molar-refractivity contribution in [3.05, 3.63) is 33.3 Å². The van der Waals surface area contributed by atoms with Crippen molar-refractivity contribution in [3.63, 3.8) is 0 Å². The zero-order valence-electron chi connectivity index (χ0n) is 15.3. The second-order valence-electron chi connectivity index (χ2n) is 5.56. The molecular weight excluding hydrogens is 401 g/mol. The van der Waals surface area contributed by atoms with Crippen LogP contribution in [0, 0.1) is 6.92 Å². The van der Waals surface area contributed by atoms with Crippen LogP contribution in [0.3, 0.4) is 0 Å². The summed E-state index contributed by atoms with van der Waals surface area (Å²) in [6.07, 6.45) is -4.65. The Morgan fingerprint density at radius 1 is 1.14 bits per heavy atom. The molecule has 1 aromatic heterocycles. The minimum atomic E-state index is -4.94. The summed E-state index contributed by atoms with van der Waals surface area (Å²) >= 11 is 0.624. The van der Waals surface area contributed by atoms with Gasteiger partial charge in [-0.25, -0.2) is 0 Å². The van der Waals surface area contributed by atoms with Crippen LogP contribution < -0.4 is 14.2 Å². The van der Waals surface area contributed by atoms with Crippen molar-refractivity contribution in [3.8, 4) is 11.5 Å². The molecule has 0 amide bonds. The molecule has 10 heteroatoms. The Hall–Kier alpha value is -2.33. The molecule has 2 rings (SSSR count). The van der Waals surface area contributed by atoms with Gasteiger partial charge in [0.15, 0.2) is 5.75 Å². The van der Waals surface area contributed by atoms with Gasteiger partial charge in [0.25, 0.3) is 4.74 Å². The van der Waals surface area contributed by atoms with Gasteiger partial charge in [0.2, 0.25) is 0 Å². The molecule has 0 fully saturated rings. The monoisotopic (exact) mass is 420 g/mol. The van der Waals surface area contributed by atoms with Gasteiger partial charge in [0, 0.05) is 17.4 Å². The second kappa shape index (κ2) is 9.74. The molecule has 0 aliphatic rings. The molecule has 0 unspecified atom stereocenters. The molecule has 154 valence electrons. The molecule has 0 saturated carbocycles. The summed E-state index contributed by atoms with van der Waals surface area (Å²) in [4.78, 5) is 23.1. The Labute approximate surface area is 162 Å². The van der Waals surface area contributed by atoms with Gasteiger partial charge in [-0.05, 0) is 13.0 Å². The van der Waals surface area contributed by atoms with E-state index in [0.29, 0.717) is 33.6 Å². The number of carbonyl (C=O) groups excluding carboxylic acids is 1. The predicted molar refractivity (Wildman–Crippen MR) is 97.1 cm³/mol. The van der Waals surface area contributed by atoms with Crippen molar-refractivity contribution in [2.45, 2.75) is 26.6 Å². The summed E-state index contributed by atoms with van der Waals surface area (Å²) in [5.74, 6) is -0.677. The smallest absolute Gasteiger partial charge is 0.490 e. The number of benzene rings is 1. The van der Waals surface area contributed by atoms with Gasteiger partial charge in [-0.3, -0.25) is 9.59 Å². The maximum atomic E-state index is 12.5. The number of ether oxygens (including phenoxy) is 4. The van der Waals surface area contributed by atoms with Gasteiger partial charge in [0.05, 0.1) is 17.9 Å². The molecule has 1 aromatic carbocycles. The predicted octanol–water partition coefficient (Wildman–Crippen LogP) is 3.82. The molecule has 0 radical (unpaired) electrons. The van der Waals surface area contributed by atoms with Crippen LogP contribution in [0.25, 0.3) is 10.1 Å².